The zero-order valence-electron chi connectivity index (χ0n) is 11.0. The quantitative estimate of drug-likeness (QED) is 0.741. The molecule has 0 saturated heterocycles. The minimum atomic E-state index is -0.363. The van der Waals surface area contributed by atoms with Gasteiger partial charge in [-0.05, 0) is 31.4 Å². The number of aryl methyl sites for hydroxylation is 1. The average molecular weight is 237 g/mol. The maximum Gasteiger partial charge on any atom is 0.176 e. The molecule has 3 heteroatoms. The molecule has 0 heterocycles. The SMILES string of the molecule is CCOC(OCC)C(N)c1ccc(CC)cc1. The zero-order chi connectivity index (χ0) is 12.7. The Morgan fingerprint density at radius 3 is 1.94 bits per heavy atom. The van der Waals surface area contributed by atoms with E-state index < -0.39 is 0 Å². The molecule has 0 fully saturated rings. The molecule has 0 amide bonds. The van der Waals surface area contributed by atoms with Crippen LogP contribution < -0.4 is 5.73 Å². The standard InChI is InChI=1S/C14H23NO2/c1-4-11-7-9-12(10-8-11)13(15)14(16-5-2)17-6-3/h7-10,13-14H,4-6,15H2,1-3H3. The summed E-state index contributed by atoms with van der Waals surface area (Å²) in [6, 6.07) is 8.07. The van der Waals surface area contributed by atoms with Crippen LogP contribution >= 0.6 is 0 Å². The van der Waals surface area contributed by atoms with Gasteiger partial charge in [-0.1, -0.05) is 31.2 Å². The molecule has 0 aliphatic carbocycles. The molecule has 0 aliphatic heterocycles. The van der Waals surface area contributed by atoms with Gasteiger partial charge in [0.1, 0.15) is 0 Å². The van der Waals surface area contributed by atoms with Crippen LogP contribution in [-0.2, 0) is 15.9 Å². The Kier molecular flexibility index (Phi) is 6.19. The molecule has 1 rings (SSSR count). The molecule has 96 valence electrons. The first-order chi connectivity index (χ1) is 8.22. The van der Waals surface area contributed by atoms with Crippen molar-refractivity contribution in [1.29, 1.82) is 0 Å². The second kappa shape index (κ2) is 7.43. The molecular weight excluding hydrogens is 214 g/mol. The van der Waals surface area contributed by atoms with Crippen LogP contribution in [0.2, 0.25) is 0 Å². The van der Waals surface area contributed by atoms with Crippen LogP contribution in [-0.4, -0.2) is 19.5 Å². The molecule has 0 spiro atoms. The summed E-state index contributed by atoms with van der Waals surface area (Å²) in [5.41, 5.74) is 8.51. The van der Waals surface area contributed by atoms with E-state index in [4.69, 9.17) is 15.2 Å². The van der Waals surface area contributed by atoms with E-state index in [0.717, 1.165) is 12.0 Å². The minimum absolute atomic E-state index is 0.235. The van der Waals surface area contributed by atoms with E-state index in [9.17, 15) is 0 Å². The van der Waals surface area contributed by atoms with E-state index in [1.165, 1.54) is 5.56 Å². The highest BCUT2D eigenvalue weighted by atomic mass is 16.7. The monoisotopic (exact) mass is 237 g/mol. The van der Waals surface area contributed by atoms with Crippen LogP contribution in [0.4, 0.5) is 0 Å². The summed E-state index contributed by atoms with van der Waals surface area (Å²) in [4.78, 5) is 0. The highest BCUT2D eigenvalue weighted by Crippen LogP contribution is 2.18. The topological polar surface area (TPSA) is 44.5 Å². The lowest BCUT2D eigenvalue weighted by Gasteiger charge is -2.23. The molecule has 1 unspecified atom stereocenters. The van der Waals surface area contributed by atoms with Crippen molar-refractivity contribution in [2.45, 2.75) is 39.5 Å². The maximum absolute atomic E-state index is 6.15. The molecule has 0 saturated carbocycles. The van der Waals surface area contributed by atoms with Gasteiger partial charge in [0, 0.05) is 13.2 Å². The summed E-state index contributed by atoms with van der Waals surface area (Å²) in [7, 11) is 0. The third-order valence-electron chi connectivity index (χ3n) is 2.73. The molecule has 0 aliphatic rings. The fraction of sp³-hybridized carbons (Fsp3) is 0.571. The number of hydrogen-bond acceptors (Lipinski definition) is 3. The summed E-state index contributed by atoms with van der Waals surface area (Å²) in [6.07, 6.45) is 0.674. The van der Waals surface area contributed by atoms with Gasteiger partial charge in [-0.15, -0.1) is 0 Å². The maximum atomic E-state index is 6.15. The van der Waals surface area contributed by atoms with Gasteiger partial charge in [0.15, 0.2) is 6.29 Å². The Hall–Kier alpha value is -0.900. The van der Waals surface area contributed by atoms with Gasteiger partial charge in [-0.2, -0.15) is 0 Å². The third-order valence-corrected chi connectivity index (χ3v) is 2.73. The molecule has 1 atom stereocenters. The fourth-order valence-corrected chi connectivity index (χ4v) is 1.72. The first-order valence-electron chi connectivity index (χ1n) is 6.30. The minimum Gasteiger partial charge on any atom is -0.351 e. The van der Waals surface area contributed by atoms with Crippen molar-refractivity contribution in [3.8, 4) is 0 Å². The molecule has 0 aromatic heterocycles. The Bertz CT molecular complexity index is 305. The Morgan fingerprint density at radius 1 is 1.00 bits per heavy atom. The number of nitrogens with two attached hydrogens (primary N) is 1. The van der Waals surface area contributed by atoms with Crippen molar-refractivity contribution >= 4 is 0 Å². The number of hydrogen-bond donors (Lipinski definition) is 1. The summed E-state index contributed by atoms with van der Waals surface area (Å²) < 4.78 is 11.0. The van der Waals surface area contributed by atoms with E-state index in [1.807, 2.05) is 13.8 Å². The molecule has 0 bridgehead atoms. The van der Waals surface area contributed by atoms with Crippen molar-refractivity contribution in [2.24, 2.45) is 5.73 Å². The first-order valence-corrected chi connectivity index (χ1v) is 6.30. The molecule has 3 nitrogen and oxygen atoms in total. The smallest absolute Gasteiger partial charge is 0.176 e. The van der Waals surface area contributed by atoms with Crippen molar-refractivity contribution in [1.82, 2.24) is 0 Å². The van der Waals surface area contributed by atoms with Gasteiger partial charge in [0.25, 0.3) is 0 Å². The van der Waals surface area contributed by atoms with Crippen molar-refractivity contribution in [3.63, 3.8) is 0 Å². The highest BCUT2D eigenvalue weighted by molar-refractivity contribution is 5.25. The molecule has 2 N–H and O–H groups in total. The summed E-state index contributed by atoms with van der Waals surface area (Å²) in [6.45, 7) is 7.23. The molecule has 1 aromatic rings. The molecule has 0 radical (unpaired) electrons. The third kappa shape index (κ3) is 4.11. The Balaban J connectivity index is 2.73. The van der Waals surface area contributed by atoms with Crippen LogP contribution in [0.25, 0.3) is 0 Å². The lowest BCUT2D eigenvalue weighted by Crippen LogP contribution is -2.31. The van der Waals surface area contributed by atoms with Crippen molar-refractivity contribution in [3.05, 3.63) is 35.4 Å². The Labute approximate surface area is 104 Å². The summed E-state index contributed by atoms with van der Waals surface area (Å²) >= 11 is 0. The van der Waals surface area contributed by atoms with Gasteiger partial charge in [-0.3, -0.25) is 0 Å². The lowest BCUT2D eigenvalue weighted by atomic mass is 10.0. The average Bonchev–Trinajstić information content (AvgIpc) is 2.38. The van der Waals surface area contributed by atoms with Crippen LogP contribution in [0, 0.1) is 0 Å². The van der Waals surface area contributed by atoms with Crippen LogP contribution in [0.1, 0.15) is 37.9 Å². The predicted molar refractivity (Wildman–Crippen MR) is 69.8 cm³/mol. The highest BCUT2D eigenvalue weighted by Gasteiger charge is 2.19. The number of benzene rings is 1. The normalized spacial score (nSPS) is 13.0. The molecule has 1 aromatic carbocycles. The van der Waals surface area contributed by atoms with E-state index >= 15 is 0 Å². The summed E-state index contributed by atoms with van der Waals surface area (Å²) in [5.74, 6) is 0. The second-order valence-electron chi connectivity index (χ2n) is 3.90. The van der Waals surface area contributed by atoms with Gasteiger partial charge in [-0.25, -0.2) is 0 Å². The van der Waals surface area contributed by atoms with Crippen molar-refractivity contribution in [2.75, 3.05) is 13.2 Å². The lowest BCUT2D eigenvalue weighted by molar-refractivity contribution is -0.149. The summed E-state index contributed by atoms with van der Waals surface area (Å²) in [5, 5.41) is 0. The zero-order valence-corrected chi connectivity index (χ0v) is 11.0. The first kappa shape index (κ1) is 14.2. The van der Waals surface area contributed by atoms with Gasteiger partial charge in [0.2, 0.25) is 0 Å². The van der Waals surface area contributed by atoms with E-state index in [-0.39, 0.29) is 12.3 Å². The van der Waals surface area contributed by atoms with E-state index in [0.29, 0.717) is 13.2 Å². The van der Waals surface area contributed by atoms with Gasteiger partial charge < -0.3 is 15.2 Å². The molecule has 17 heavy (non-hydrogen) atoms. The largest absolute Gasteiger partial charge is 0.351 e. The second-order valence-corrected chi connectivity index (χ2v) is 3.90. The van der Waals surface area contributed by atoms with E-state index in [2.05, 4.69) is 31.2 Å². The number of rotatable bonds is 7. The number of ether oxygens (including phenoxy) is 2. The van der Waals surface area contributed by atoms with Gasteiger partial charge in [0.05, 0.1) is 6.04 Å². The Morgan fingerprint density at radius 2 is 1.53 bits per heavy atom. The molecular formula is C14H23NO2. The predicted octanol–water partition coefficient (Wildman–Crippen LogP) is 2.65. The van der Waals surface area contributed by atoms with Gasteiger partial charge >= 0.3 is 0 Å². The van der Waals surface area contributed by atoms with Crippen LogP contribution in [0.3, 0.4) is 0 Å². The van der Waals surface area contributed by atoms with Crippen LogP contribution in [0.5, 0.6) is 0 Å². The van der Waals surface area contributed by atoms with Crippen molar-refractivity contribution < 1.29 is 9.47 Å². The van der Waals surface area contributed by atoms with Crippen LogP contribution in [0.15, 0.2) is 24.3 Å². The fourth-order valence-electron chi connectivity index (χ4n) is 1.72. The van der Waals surface area contributed by atoms with E-state index in [1.54, 1.807) is 0 Å².